The van der Waals surface area contributed by atoms with Crippen LogP contribution in [0.1, 0.15) is 25.3 Å². The molecular weight excluding hydrogens is 216 g/mol. The zero-order chi connectivity index (χ0) is 11.4. The van der Waals surface area contributed by atoms with Crippen LogP contribution >= 0.6 is 12.2 Å². The van der Waals surface area contributed by atoms with E-state index in [0.717, 1.165) is 11.5 Å². The Labute approximate surface area is 102 Å². The van der Waals surface area contributed by atoms with Gasteiger partial charge in [0.2, 0.25) is 0 Å². The lowest BCUT2D eigenvalue weighted by Gasteiger charge is -2.16. The molecule has 0 bridgehead atoms. The summed E-state index contributed by atoms with van der Waals surface area (Å²) < 4.78 is 0. The summed E-state index contributed by atoms with van der Waals surface area (Å²) >= 11 is 5.24. The molecule has 1 aliphatic rings. The predicted molar refractivity (Wildman–Crippen MR) is 71.5 cm³/mol. The maximum Gasteiger partial charge on any atom is 0.166 e. The second-order valence-electron chi connectivity index (χ2n) is 4.48. The van der Waals surface area contributed by atoms with Crippen molar-refractivity contribution in [3.8, 4) is 0 Å². The molecule has 2 N–H and O–H groups in total. The van der Waals surface area contributed by atoms with E-state index in [1.165, 1.54) is 18.4 Å². The van der Waals surface area contributed by atoms with Crippen LogP contribution in [0.15, 0.2) is 30.3 Å². The predicted octanol–water partition coefficient (Wildman–Crippen LogP) is 2.24. The zero-order valence-corrected chi connectivity index (χ0v) is 10.4. The van der Waals surface area contributed by atoms with E-state index in [2.05, 4.69) is 41.8 Å². The summed E-state index contributed by atoms with van der Waals surface area (Å²) in [4.78, 5) is 0. The van der Waals surface area contributed by atoms with Gasteiger partial charge in [0.1, 0.15) is 0 Å². The highest BCUT2D eigenvalue weighted by Gasteiger charge is 2.22. The van der Waals surface area contributed by atoms with Gasteiger partial charge < -0.3 is 10.6 Å². The van der Waals surface area contributed by atoms with E-state index in [9.17, 15) is 0 Å². The van der Waals surface area contributed by atoms with E-state index in [4.69, 9.17) is 12.2 Å². The smallest absolute Gasteiger partial charge is 0.166 e. The molecule has 16 heavy (non-hydrogen) atoms. The average Bonchev–Trinajstić information content (AvgIpc) is 3.02. The van der Waals surface area contributed by atoms with Gasteiger partial charge in [-0.1, -0.05) is 30.3 Å². The summed E-state index contributed by atoms with van der Waals surface area (Å²) in [5.74, 6) is 0. The van der Waals surface area contributed by atoms with Crippen LogP contribution in [0.3, 0.4) is 0 Å². The Kier molecular flexibility index (Phi) is 3.78. The van der Waals surface area contributed by atoms with Crippen LogP contribution in [-0.2, 0) is 6.42 Å². The number of benzene rings is 1. The minimum Gasteiger partial charge on any atom is -0.360 e. The Bertz CT molecular complexity index is 346. The van der Waals surface area contributed by atoms with Crippen LogP contribution in [0.5, 0.6) is 0 Å². The van der Waals surface area contributed by atoms with Crippen molar-refractivity contribution >= 4 is 17.3 Å². The first kappa shape index (κ1) is 11.4. The molecule has 2 nitrogen and oxygen atoms in total. The second kappa shape index (κ2) is 5.30. The first-order valence-corrected chi connectivity index (χ1v) is 6.26. The topological polar surface area (TPSA) is 24.1 Å². The minimum absolute atomic E-state index is 0.376. The Morgan fingerprint density at radius 3 is 2.69 bits per heavy atom. The van der Waals surface area contributed by atoms with Crippen molar-refractivity contribution in [2.75, 3.05) is 0 Å². The average molecular weight is 234 g/mol. The molecule has 0 aliphatic heterocycles. The van der Waals surface area contributed by atoms with Gasteiger partial charge in [0.15, 0.2) is 5.11 Å². The lowest BCUT2D eigenvalue weighted by molar-refractivity contribution is 0.648. The molecule has 0 radical (unpaired) electrons. The van der Waals surface area contributed by atoms with E-state index >= 15 is 0 Å². The lowest BCUT2D eigenvalue weighted by Crippen LogP contribution is -2.42. The zero-order valence-electron chi connectivity index (χ0n) is 9.57. The molecular formula is C13H18N2S. The number of thiocarbonyl (C=S) groups is 1. The van der Waals surface area contributed by atoms with Gasteiger partial charge in [-0.15, -0.1) is 0 Å². The fraction of sp³-hybridized carbons (Fsp3) is 0.462. The largest absolute Gasteiger partial charge is 0.360 e. The molecule has 0 aromatic heterocycles. The molecule has 1 aliphatic carbocycles. The van der Waals surface area contributed by atoms with Crippen molar-refractivity contribution in [1.82, 2.24) is 10.6 Å². The number of hydrogen-bond acceptors (Lipinski definition) is 1. The minimum atomic E-state index is 0.376. The summed E-state index contributed by atoms with van der Waals surface area (Å²) in [7, 11) is 0. The monoisotopic (exact) mass is 234 g/mol. The summed E-state index contributed by atoms with van der Waals surface area (Å²) in [5.41, 5.74) is 1.34. The molecule has 0 spiro atoms. The third-order valence-electron chi connectivity index (χ3n) is 2.67. The molecule has 0 amide bonds. The number of rotatable bonds is 4. The summed E-state index contributed by atoms with van der Waals surface area (Å²) in [5, 5.41) is 7.41. The van der Waals surface area contributed by atoms with Gasteiger partial charge in [-0.3, -0.25) is 0 Å². The van der Waals surface area contributed by atoms with Gasteiger partial charge in [-0.25, -0.2) is 0 Å². The maximum absolute atomic E-state index is 5.24. The summed E-state index contributed by atoms with van der Waals surface area (Å²) in [6.07, 6.45) is 3.52. The highest BCUT2D eigenvalue weighted by molar-refractivity contribution is 7.80. The van der Waals surface area contributed by atoms with Crippen LogP contribution < -0.4 is 10.6 Å². The van der Waals surface area contributed by atoms with Crippen LogP contribution in [0.4, 0.5) is 0 Å². The molecule has 1 atom stereocenters. The van der Waals surface area contributed by atoms with Gasteiger partial charge in [0.05, 0.1) is 0 Å². The highest BCUT2D eigenvalue weighted by Crippen LogP contribution is 2.18. The van der Waals surface area contributed by atoms with E-state index in [0.29, 0.717) is 12.1 Å². The fourth-order valence-corrected chi connectivity index (χ4v) is 2.07. The Balaban J connectivity index is 1.74. The second-order valence-corrected chi connectivity index (χ2v) is 4.89. The molecule has 1 aromatic carbocycles. The lowest BCUT2D eigenvalue weighted by atomic mass is 10.1. The molecule has 0 saturated heterocycles. The molecule has 0 heterocycles. The Morgan fingerprint density at radius 1 is 1.38 bits per heavy atom. The molecule has 1 unspecified atom stereocenters. The van der Waals surface area contributed by atoms with Gasteiger partial charge in [0.25, 0.3) is 0 Å². The quantitative estimate of drug-likeness (QED) is 0.781. The normalized spacial score (nSPS) is 16.6. The molecule has 3 heteroatoms. The van der Waals surface area contributed by atoms with Crippen molar-refractivity contribution in [2.24, 2.45) is 0 Å². The first-order chi connectivity index (χ1) is 7.74. The van der Waals surface area contributed by atoms with E-state index in [1.807, 2.05) is 6.07 Å². The van der Waals surface area contributed by atoms with Gasteiger partial charge >= 0.3 is 0 Å². The maximum atomic E-state index is 5.24. The molecule has 2 rings (SSSR count). The highest BCUT2D eigenvalue weighted by atomic mass is 32.1. The van der Waals surface area contributed by atoms with E-state index in [1.54, 1.807) is 0 Å². The summed E-state index contributed by atoms with van der Waals surface area (Å²) in [6, 6.07) is 11.5. The van der Waals surface area contributed by atoms with Crippen molar-refractivity contribution in [1.29, 1.82) is 0 Å². The van der Waals surface area contributed by atoms with Crippen LogP contribution in [0, 0.1) is 0 Å². The standard InChI is InChI=1S/C13H18N2S/c1-10(9-11-5-3-2-4-6-11)14-13(16)15-12-7-8-12/h2-6,10,12H,7-9H2,1H3,(H2,14,15,16). The van der Waals surface area contributed by atoms with Crippen LogP contribution in [-0.4, -0.2) is 17.2 Å². The van der Waals surface area contributed by atoms with E-state index < -0.39 is 0 Å². The number of nitrogens with one attached hydrogen (secondary N) is 2. The van der Waals surface area contributed by atoms with Crippen molar-refractivity contribution < 1.29 is 0 Å². The molecule has 86 valence electrons. The fourth-order valence-electron chi connectivity index (χ4n) is 1.70. The summed E-state index contributed by atoms with van der Waals surface area (Å²) in [6.45, 7) is 2.16. The Hall–Kier alpha value is -1.09. The van der Waals surface area contributed by atoms with Gasteiger partial charge in [-0.05, 0) is 44.0 Å². The first-order valence-electron chi connectivity index (χ1n) is 5.85. The van der Waals surface area contributed by atoms with E-state index in [-0.39, 0.29) is 0 Å². The third-order valence-corrected chi connectivity index (χ3v) is 2.91. The third kappa shape index (κ3) is 3.81. The van der Waals surface area contributed by atoms with Crippen LogP contribution in [0.25, 0.3) is 0 Å². The molecule has 1 fully saturated rings. The van der Waals surface area contributed by atoms with Gasteiger partial charge in [0, 0.05) is 12.1 Å². The SMILES string of the molecule is CC(Cc1ccccc1)NC(=S)NC1CC1. The molecule has 1 saturated carbocycles. The molecule has 1 aromatic rings. The van der Waals surface area contributed by atoms with Crippen molar-refractivity contribution in [2.45, 2.75) is 38.3 Å². The van der Waals surface area contributed by atoms with Crippen molar-refractivity contribution in [3.05, 3.63) is 35.9 Å². The van der Waals surface area contributed by atoms with Crippen molar-refractivity contribution in [3.63, 3.8) is 0 Å². The van der Waals surface area contributed by atoms with Crippen LogP contribution in [0.2, 0.25) is 0 Å². The Morgan fingerprint density at radius 2 is 2.06 bits per heavy atom. The number of hydrogen-bond donors (Lipinski definition) is 2. The van der Waals surface area contributed by atoms with Gasteiger partial charge in [-0.2, -0.15) is 0 Å².